The van der Waals surface area contributed by atoms with Gasteiger partial charge in [-0.3, -0.25) is 9.59 Å². The summed E-state index contributed by atoms with van der Waals surface area (Å²) in [7, 11) is 1.87. The first-order chi connectivity index (χ1) is 12.2. The van der Waals surface area contributed by atoms with Crippen LogP contribution in [0.1, 0.15) is 40.0 Å². The third-order valence-corrected chi connectivity index (χ3v) is 5.94. The van der Waals surface area contributed by atoms with Crippen molar-refractivity contribution in [2.24, 2.45) is 0 Å². The average molecular weight is 401 g/mol. The minimum atomic E-state index is -0.280. The third kappa shape index (κ3) is 5.12. The highest BCUT2D eigenvalue weighted by molar-refractivity contribution is 6.42. The van der Waals surface area contributed by atoms with Crippen molar-refractivity contribution in [3.05, 3.63) is 28.2 Å². The van der Waals surface area contributed by atoms with Gasteiger partial charge in [0.2, 0.25) is 0 Å². The molecule has 1 unspecified atom stereocenters. The Hall–Kier alpha value is -1.30. The number of likely N-dealkylation sites (N-methyl/N-ethyl adjacent to an activating group) is 1. The minimum absolute atomic E-state index is 0.115. The van der Waals surface area contributed by atoms with Crippen LogP contribution in [0.25, 0.3) is 0 Å². The molecule has 0 bridgehead atoms. The fourth-order valence-corrected chi connectivity index (χ4v) is 3.77. The molecular weight excluding hydrogens is 373 g/mol. The van der Waals surface area contributed by atoms with Gasteiger partial charge in [0.15, 0.2) is 12.6 Å². The number of rotatable bonds is 5. The van der Waals surface area contributed by atoms with E-state index in [2.05, 4.69) is 19.2 Å². The number of benzene rings is 1. The Bertz CT molecular complexity index is 658. The van der Waals surface area contributed by atoms with Crippen LogP contribution in [0.15, 0.2) is 18.2 Å². The van der Waals surface area contributed by atoms with E-state index in [4.69, 9.17) is 23.2 Å². The normalized spacial score (nSPS) is 22.6. The standard InChI is InChI=1S/C19H27Cl2N3O2/c1-12-6-5-7-13(2)24(12)19(26)14(3)23(4)11-18(25)22-15-8-9-16(20)17(21)10-15/h8-10,12-14H,5-7,11H2,1-4H3,(H,22,25)/p+1/t12-,13-,14-/m1/s1. The molecule has 1 saturated heterocycles. The molecule has 1 heterocycles. The molecule has 7 heteroatoms. The maximum absolute atomic E-state index is 12.9. The maximum atomic E-state index is 12.9. The minimum Gasteiger partial charge on any atom is -0.332 e. The number of carbonyl (C=O) groups excluding carboxylic acids is 2. The smallest absolute Gasteiger partial charge is 0.281 e. The number of quaternary nitrogens is 1. The summed E-state index contributed by atoms with van der Waals surface area (Å²) in [4.78, 5) is 28.1. The summed E-state index contributed by atoms with van der Waals surface area (Å²) in [6.07, 6.45) is 3.24. The summed E-state index contributed by atoms with van der Waals surface area (Å²) in [6, 6.07) is 5.19. The SMILES string of the molecule is C[C@@H]1CCC[C@@H](C)N1C(=O)[C@@H](C)[NH+](C)CC(=O)Nc1ccc(Cl)c(Cl)c1. The number of nitrogens with zero attached hydrogens (tertiary/aromatic N) is 1. The van der Waals surface area contributed by atoms with Gasteiger partial charge in [0.1, 0.15) is 0 Å². The van der Waals surface area contributed by atoms with Crippen LogP contribution < -0.4 is 10.2 Å². The second-order valence-corrected chi connectivity index (χ2v) is 8.11. The average Bonchev–Trinajstić information content (AvgIpc) is 2.57. The summed E-state index contributed by atoms with van der Waals surface area (Å²) < 4.78 is 0. The molecule has 0 aliphatic carbocycles. The van der Waals surface area contributed by atoms with Gasteiger partial charge in [-0.1, -0.05) is 23.2 Å². The number of hydrogen-bond donors (Lipinski definition) is 2. The van der Waals surface area contributed by atoms with E-state index in [-0.39, 0.29) is 36.5 Å². The van der Waals surface area contributed by atoms with E-state index in [9.17, 15) is 9.59 Å². The van der Waals surface area contributed by atoms with Crippen molar-refractivity contribution in [2.75, 3.05) is 18.9 Å². The first kappa shape index (κ1) is 21.0. The zero-order valence-electron chi connectivity index (χ0n) is 15.8. The Morgan fingerprint density at radius 3 is 2.42 bits per heavy atom. The molecule has 5 nitrogen and oxygen atoms in total. The van der Waals surface area contributed by atoms with Gasteiger partial charge in [-0.25, -0.2) is 0 Å². The Labute approximate surface area is 165 Å². The predicted octanol–water partition coefficient (Wildman–Crippen LogP) is 2.62. The molecule has 26 heavy (non-hydrogen) atoms. The number of hydrogen-bond acceptors (Lipinski definition) is 2. The van der Waals surface area contributed by atoms with Crippen molar-refractivity contribution in [2.45, 2.75) is 58.2 Å². The number of nitrogens with one attached hydrogen (secondary N) is 2. The lowest BCUT2D eigenvalue weighted by Gasteiger charge is -2.40. The van der Waals surface area contributed by atoms with Crippen molar-refractivity contribution in [3.63, 3.8) is 0 Å². The second kappa shape index (κ2) is 9.07. The van der Waals surface area contributed by atoms with Gasteiger partial charge < -0.3 is 15.1 Å². The van der Waals surface area contributed by atoms with Crippen LogP contribution in [0.5, 0.6) is 0 Å². The molecule has 1 aliphatic heterocycles. The highest BCUT2D eigenvalue weighted by Gasteiger charge is 2.35. The third-order valence-electron chi connectivity index (χ3n) is 5.20. The van der Waals surface area contributed by atoms with Crippen LogP contribution in [0.4, 0.5) is 5.69 Å². The van der Waals surface area contributed by atoms with E-state index in [0.29, 0.717) is 15.7 Å². The first-order valence-corrected chi connectivity index (χ1v) is 9.85. The molecule has 0 aromatic heterocycles. The molecule has 0 spiro atoms. The number of likely N-dealkylation sites (tertiary alicyclic amines) is 1. The molecule has 2 amide bonds. The van der Waals surface area contributed by atoms with Gasteiger partial charge in [-0.15, -0.1) is 0 Å². The van der Waals surface area contributed by atoms with Gasteiger partial charge in [-0.2, -0.15) is 0 Å². The van der Waals surface area contributed by atoms with Crippen LogP contribution in [-0.4, -0.2) is 48.4 Å². The Morgan fingerprint density at radius 2 is 1.85 bits per heavy atom. The molecular formula is C19H28Cl2N3O2+. The van der Waals surface area contributed by atoms with Crippen molar-refractivity contribution < 1.29 is 14.5 Å². The molecule has 0 radical (unpaired) electrons. The van der Waals surface area contributed by atoms with Crippen molar-refractivity contribution in [1.29, 1.82) is 0 Å². The quantitative estimate of drug-likeness (QED) is 0.797. The molecule has 144 valence electrons. The van der Waals surface area contributed by atoms with Crippen LogP contribution in [0.2, 0.25) is 10.0 Å². The molecule has 2 rings (SSSR count). The highest BCUT2D eigenvalue weighted by Crippen LogP contribution is 2.25. The van der Waals surface area contributed by atoms with Gasteiger partial charge in [0.25, 0.3) is 11.8 Å². The molecule has 1 fully saturated rings. The summed E-state index contributed by atoms with van der Waals surface area (Å²) in [5.74, 6) is -0.0511. The maximum Gasteiger partial charge on any atom is 0.281 e. The van der Waals surface area contributed by atoms with Gasteiger partial charge in [-0.05, 0) is 58.2 Å². The number of piperidine rings is 1. The number of carbonyl (C=O) groups is 2. The molecule has 0 saturated carbocycles. The van der Waals surface area contributed by atoms with Crippen LogP contribution in [-0.2, 0) is 9.59 Å². The van der Waals surface area contributed by atoms with E-state index in [0.717, 1.165) is 24.2 Å². The lowest BCUT2D eigenvalue weighted by atomic mass is 9.96. The number of amides is 2. The van der Waals surface area contributed by atoms with E-state index in [1.807, 2.05) is 18.9 Å². The fourth-order valence-electron chi connectivity index (χ4n) is 3.48. The zero-order chi connectivity index (χ0) is 19.4. The largest absolute Gasteiger partial charge is 0.332 e. The molecule has 1 aromatic rings. The van der Waals surface area contributed by atoms with Crippen molar-refractivity contribution >= 4 is 40.7 Å². The first-order valence-electron chi connectivity index (χ1n) is 9.10. The Morgan fingerprint density at radius 1 is 1.23 bits per heavy atom. The highest BCUT2D eigenvalue weighted by atomic mass is 35.5. The summed E-state index contributed by atoms with van der Waals surface area (Å²) in [6.45, 7) is 6.29. The van der Waals surface area contributed by atoms with E-state index >= 15 is 0 Å². The van der Waals surface area contributed by atoms with Crippen LogP contribution >= 0.6 is 23.2 Å². The molecule has 1 aliphatic rings. The van der Waals surface area contributed by atoms with E-state index in [1.165, 1.54) is 0 Å². The monoisotopic (exact) mass is 400 g/mol. The predicted molar refractivity (Wildman–Crippen MR) is 106 cm³/mol. The Kier molecular flexibility index (Phi) is 7.33. The van der Waals surface area contributed by atoms with E-state index in [1.54, 1.807) is 18.2 Å². The number of halogens is 2. The van der Waals surface area contributed by atoms with Gasteiger partial charge in [0, 0.05) is 17.8 Å². The molecule has 1 aromatic carbocycles. The van der Waals surface area contributed by atoms with Gasteiger partial charge >= 0.3 is 0 Å². The second-order valence-electron chi connectivity index (χ2n) is 7.30. The summed E-state index contributed by atoms with van der Waals surface area (Å²) >= 11 is 11.9. The fraction of sp³-hybridized carbons (Fsp3) is 0.579. The zero-order valence-corrected chi connectivity index (χ0v) is 17.3. The van der Waals surface area contributed by atoms with Crippen LogP contribution in [0.3, 0.4) is 0 Å². The van der Waals surface area contributed by atoms with Crippen LogP contribution in [0, 0.1) is 0 Å². The summed E-state index contributed by atoms with van der Waals surface area (Å²) in [5, 5.41) is 3.64. The summed E-state index contributed by atoms with van der Waals surface area (Å²) in [5.41, 5.74) is 0.592. The van der Waals surface area contributed by atoms with Crippen molar-refractivity contribution in [3.8, 4) is 0 Å². The molecule has 2 N–H and O–H groups in total. The Balaban J connectivity index is 1.94. The van der Waals surface area contributed by atoms with E-state index < -0.39 is 0 Å². The lowest BCUT2D eigenvalue weighted by molar-refractivity contribution is -0.886. The van der Waals surface area contributed by atoms with Gasteiger partial charge in [0.05, 0.1) is 17.1 Å². The molecule has 4 atom stereocenters. The van der Waals surface area contributed by atoms with Crippen molar-refractivity contribution in [1.82, 2.24) is 4.90 Å². The number of anilines is 1. The lowest BCUT2D eigenvalue weighted by Crippen LogP contribution is -3.15. The topological polar surface area (TPSA) is 53.9 Å².